The lowest BCUT2D eigenvalue weighted by atomic mass is 10.2. The van der Waals surface area contributed by atoms with E-state index in [1.807, 2.05) is 12.1 Å². The summed E-state index contributed by atoms with van der Waals surface area (Å²) in [6.07, 6.45) is 2.66. The second kappa shape index (κ2) is 5.98. The molecule has 0 aliphatic carbocycles. The van der Waals surface area contributed by atoms with Crippen LogP contribution in [0.1, 0.15) is 18.9 Å². The van der Waals surface area contributed by atoms with Gasteiger partial charge in [0.2, 0.25) is 0 Å². The Balaban J connectivity index is 1.83. The van der Waals surface area contributed by atoms with E-state index >= 15 is 0 Å². The number of thiazole rings is 1. The molecule has 0 amide bonds. The Morgan fingerprint density at radius 1 is 1.47 bits per heavy atom. The average Bonchev–Trinajstić information content (AvgIpc) is 2.94. The van der Waals surface area contributed by atoms with Crippen LogP contribution in [0.2, 0.25) is 0 Å². The van der Waals surface area contributed by atoms with Crippen molar-refractivity contribution in [2.45, 2.75) is 20.3 Å². The van der Waals surface area contributed by atoms with Crippen LogP contribution >= 0.6 is 11.3 Å². The van der Waals surface area contributed by atoms with E-state index in [1.165, 1.54) is 0 Å². The standard InChI is InChI=1S/C13H18N2OS/c1-10(2)8-14-6-5-13-15-11(9-17-13)12-4-3-7-16-12/h3-4,7,9-10,14H,5-6,8H2,1-2H3. The van der Waals surface area contributed by atoms with Gasteiger partial charge in [0.25, 0.3) is 0 Å². The SMILES string of the molecule is CC(C)CNCCc1nc(-c2ccco2)cs1. The van der Waals surface area contributed by atoms with Crippen LogP contribution < -0.4 is 5.32 Å². The summed E-state index contributed by atoms with van der Waals surface area (Å²) in [5, 5.41) is 6.63. The van der Waals surface area contributed by atoms with Crippen LogP contribution in [0, 0.1) is 5.92 Å². The molecule has 2 heterocycles. The number of aromatic nitrogens is 1. The van der Waals surface area contributed by atoms with Gasteiger partial charge in [-0.3, -0.25) is 0 Å². The van der Waals surface area contributed by atoms with Gasteiger partial charge in [0.1, 0.15) is 5.69 Å². The number of hydrogen-bond donors (Lipinski definition) is 1. The van der Waals surface area contributed by atoms with Crippen molar-refractivity contribution in [3.63, 3.8) is 0 Å². The molecule has 4 heteroatoms. The molecule has 0 saturated carbocycles. The van der Waals surface area contributed by atoms with Crippen LogP contribution in [0.5, 0.6) is 0 Å². The molecule has 1 N–H and O–H groups in total. The van der Waals surface area contributed by atoms with E-state index < -0.39 is 0 Å². The molecule has 0 radical (unpaired) electrons. The predicted molar refractivity (Wildman–Crippen MR) is 71.2 cm³/mol. The quantitative estimate of drug-likeness (QED) is 0.800. The molecule has 0 aromatic carbocycles. The zero-order valence-electron chi connectivity index (χ0n) is 10.3. The Bertz CT molecular complexity index is 434. The first-order valence-corrected chi connectivity index (χ1v) is 6.82. The first-order valence-electron chi connectivity index (χ1n) is 5.94. The van der Waals surface area contributed by atoms with Gasteiger partial charge in [0.15, 0.2) is 5.76 Å². The Morgan fingerprint density at radius 2 is 2.35 bits per heavy atom. The summed E-state index contributed by atoms with van der Waals surface area (Å²) in [4.78, 5) is 4.55. The van der Waals surface area contributed by atoms with Gasteiger partial charge in [0.05, 0.1) is 11.3 Å². The van der Waals surface area contributed by atoms with Gasteiger partial charge >= 0.3 is 0 Å². The summed E-state index contributed by atoms with van der Waals surface area (Å²) in [5.41, 5.74) is 0.943. The highest BCUT2D eigenvalue weighted by atomic mass is 32.1. The fourth-order valence-corrected chi connectivity index (χ4v) is 2.34. The largest absolute Gasteiger partial charge is 0.463 e. The van der Waals surface area contributed by atoms with Crippen molar-refractivity contribution in [3.8, 4) is 11.5 Å². The van der Waals surface area contributed by atoms with Gasteiger partial charge < -0.3 is 9.73 Å². The molecular formula is C13H18N2OS. The molecular weight excluding hydrogens is 232 g/mol. The van der Waals surface area contributed by atoms with Gasteiger partial charge in [-0.15, -0.1) is 11.3 Å². The number of rotatable bonds is 6. The van der Waals surface area contributed by atoms with E-state index in [2.05, 4.69) is 29.5 Å². The third-order valence-electron chi connectivity index (χ3n) is 2.39. The monoisotopic (exact) mass is 250 g/mol. The first-order chi connectivity index (χ1) is 8.25. The van der Waals surface area contributed by atoms with Crippen LogP contribution in [0.4, 0.5) is 0 Å². The normalized spacial score (nSPS) is 11.2. The topological polar surface area (TPSA) is 38.1 Å². The molecule has 3 nitrogen and oxygen atoms in total. The predicted octanol–water partition coefficient (Wildman–Crippen LogP) is 3.19. The number of furan rings is 1. The number of nitrogens with one attached hydrogen (secondary N) is 1. The van der Waals surface area contributed by atoms with E-state index in [4.69, 9.17) is 4.42 Å². The lowest BCUT2D eigenvalue weighted by Gasteiger charge is -2.05. The van der Waals surface area contributed by atoms with E-state index in [-0.39, 0.29) is 0 Å². The van der Waals surface area contributed by atoms with Gasteiger partial charge in [-0.2, -0.15) is 0 Å². The van der Waals surface area contributed by atoms with Gasteiger partial charge in [-0.1, -0.05) is 13.8 Å². The fraction of sp³-hybridized carbons (Fsp3) is 0.462. The van der Waals surface area contributed by atoms with Crippen molar-refractivity contribution >= 4 is 11.3 Å². The summed E-state index contributed by atoms with van der Waals surface area (Å²) in [7, 11) is 0. The molecule has 0 aliphatic rings. The molecule has 92 valence electrons. The Hall–Kier alpha value is -1.13. The number of hydrogen-bond acceptors (Lipinski definition) is 4. The molecule has 0 spiro atoms. The molecule has 0 fully saturated rings. The van der Waals surface area contributed by atoms with Crippen molar-refractivity contribution in [1.82, 2.24) is 10.3 Å². The van der Waals surface area contributed by atoms with Crippen molar-refractivity contribution in [3.05, 3.63) is 28.8 Å². The minimum atomic E-state index is 0.699. The summed E-state index contributed by atoms with van der Waals surface area (Å²) in [5.74, 6) is 1.55. The highest BCUT2D eigenvalue weighted by Crippen LogP contribution is 2.22. The maximum Gasteiger partial charge on any atom is 0.153 e. The molecule has 2 rings (SSSR count). The van der Waals surface area contributed by atoms with Crippen LogP contribution in [0.15, 0.2) is 28.2 Å². The highest BCUT2D eigenvalue weighted by molar-refractivity contribution is 7.09. The highest BCUT2D eigenvalue weighted by Gasteiger charge is 2.06. The summed E-state index contributed by atoms with van der Waals surface area (Å²) < 4.78 is 5.32. The van der Waals surface area contributed by atoms with Crippen molar-refractivity contribution in [2.75, 3.05) is 13.1 Å². The summed E-state index contributed by atoms with van der Waals surface area (Å²) >= 11 is 1.70. The van der Waals surface area contributed by atoms with Crippen LogP contribution in [-0.2, 0) is 6.42 Å². The van der Waals surface area contributed by atoms with Crippen molar-refractivity contribution in [2.24, 2.45) is 5.92 Å². The molecule has 0 bridgehead atoms. The third kappa shape index (κ3) is 3.68. The second-order valence-corrected chi connectivity index (χ2v) is 5.39. The van der Waals surface area contributed by atoms with E-state index in [9.17, 15) is 0 Å². The zero-order valence-corrected chi connectivity index (χ0v) is 11.1. The lowest BCUT2D eigenvalue weighted by Crippen LogP contribution is -2.22. The van der Waals surface area contributed by atoms with E-state index in [0.29, 0.717) is 5.92 Å². The molecule has 0 saturated heterocycles. The minimum Gasteiger partial charge on any atom is -0.463 e. The maximum atomic E-state index is 5.32. The molecule has 2 aromatic heterocycles. The van der Waals surface area contributed by atoms with Gasteiger partial charge in [0, 0.05) is 18.3 Å². The average molecular weight is 250 g/mol. The molecule has 0 aliphatic heterocycles. The summed E-state index contributed by atoms with van der Waals surface area (Å²) in [6.45, 7) is 6.48. The number of nitrogens with zero attached hydrogens (tertiary/aromatic N) is 1. The van der Waals surface area contributed by atoms with Crippen LogP contribution in [0.3, 0.4) is 0 Å². The Kier molecular flexibility index (Phi) is 4.34. The first kappa shape index (κ1) is 12.3. The molecule has 0 atom stereocenters. The Morgan fingerprint density at radius 3 is 3.06 bits per heavy atom. The molecule has 0 unspecified atom stereocenters. The second-order valence-electron chi connectivity index (χ2n) is 4.45. The fourth-order valence-electron chi connectivity index (χ4n) is 1.55. The third-order valence-corrected chi connectivity index (χ3v) is 3.30. The minimum absolute atomic E-state index is 0.699. The lowest BCUT2D eigenvalue weighted by molar-refractivity contribution is 0.553. The van der Waals surface area contributed by atoms with Crippen LogP contribution in [-0.4, -0.2) is 18.1 Å². The maximum absolute atomic E-state index is 5.32. The molecule has 17 heavy (non-hydrogen) atoms. The van der Waals surface area contributed by atoms with Crippen molar-refractivity contribution < 1.29 is 4.42 Å². The molecule has 2 aromatic rings. The van der Waals surface area contributed by atoms with E-state index in [0.717, 1.165) is 36.0 Å². The zero-order chi connectivity index (χ0) is 12.1. The van der Waals surface area contributed by atoms with Gasteiger partial charge in [-0.25, -0.2) is 4.98 Å². The summed E-state index contributed by atoms with van der Waals surface area (Å²) in [6, 6.07) is 3.83. The Labute approximate surface area is 106 Å². The van der Waals surface area contributed by atoms with Crippen LogP contribution in [0.25, 0.3) is 11.5 Å². The van der Waals surface area contributed by atoms with E-state index in [1.54, 1.807) is 17.6 Å². The van der Waals surface area contributed by atoms with Gasteiger partial charge in [-0.05, 0) is 24.6 Å². The smallest absolute Gasteiger partial charge is 0.153 e. The van der Waals surface area contributed by atoms with Crippen molar-refractivity contribution in [1.29, 1.82) is 0 Å².